The van der Waals surface area contributed by atoms with Gasteiger partial charge >= 0.3 is 0 Å². The van der Waals surface area contributed by atoms with E-state index in [4.69, 9.17) is 14.1 Å². The average Bonchev–Trinajstić information content (AvgIpc) is 3.72. The first-order chi connectivity index (χ1) is 19.1. The van der Waals surface area contributed by atoms with E-state index in [1.165, 1.54) is 56.1 Å². The second kappa shape index (κ2) is 11.6. The van der Waals surface area contributed by atoms with E-state index < -0.39 is 0 Å². The number of oxazole rings is 1. The van der Waals surface area contributed by atoms with Crippen molar-refractivity contribution in [2.75, 3.05) is 18.6 Å². The molecular formula is C34H42N2O3. The lowest BCUT2D eigenvalue weighted by Crippen LogP contribution is -2.41. The molecule has 5 heteroatoms. The Labute approximate surface area is 233 Å². The van der Waals surface area contributed by atoms with E-state index in [0.717, 1.165) is 60.8 Å². The van der Waals surface area contributed by atoms with Crippen LogP contribution < -0.4 is 9.64 Å². The Hall–Kier alpha value is -3.08. The number of aryl methyl sites for hydroxylation is 1. The molecule has 6 rings (SSSR count). The minimum Gasteiger partial charge on any atom is -0.496 e. The van der Waals surface area contributed by atoms with E-state index >= 15 is 0 Å². The smallest absolute Gasteiger partial charge is 0.230 e. The number of ether oxygens (including phenoxy) is 1. The Morgan fingerprint density at radius 3 is 2.44 bits per heavy atom. The molecule has 1 amide bonds. The monoisotopic (exact) mass is 526 g/mol. The minimum absolute atomic E-state index is 0.148. The number of methoxy groups -OCH3 is 1. The number of amides is 1. The molecule has 0 bridgehead atoms. The summed E-state index contributed by atoms with van der Waals surface area (Å²) in [4.78, 5) is 20.9. The van der Waals surface area contributed by atoms with Crippen LogP contribution in [0.4, 0.5) is 5.69 Å². The van der Waals surface area contributed by atoms with E-state index in [1.807, 2.05) is 0 Å². The summed E-state index contributed by atoms with van der Waals surface area (Å²) in [5.41, 5.74) is 5.54. The molecule has 3 aromatic rings. The molecule has 3 aliphatic rings. The van der Waals surface area contributed by atoms with Crippen LogP contribution in [0.5, 0.6) is 5.75 Å². The number of carbonyl (C=O) groups excluding carboxylic acids is 1. The van der Waals surface area contributed by atoms with Crippen molar-refractivity contribution in [1.29, 1.82) is 0 Å². The van der Waals surface area contributed by atoms with Crippen molar-refractivity contribution in [2.24, 2.45) is 11.8 Å². The first-order valence-corrected chi connectivity index (χ1v) is 15.1. The van der Waals surface area contributed by atoms with Crippen LogP contribution >= 0.6 is 0 Å². The lowest BCUT2D eigenvalue weighted by molar-refractivity contribution is -0.123. The van der Waals surface area contributed by atoms with Gasteiger partial charge in [-0.1, -0.05) is 43.5 Å². The van der Waals surface area contributed by atoms with E-state index in [9.17, 15) is 4.79 Å². The van der Waals surface area contributed by atoms with Crippen molar-refractivity contribution in [3.05, 3.63) is 65.7 Å². The average molecular weight is 527 g/mol. The molecular weight excluding hydrogens is 484 g/mol. The molecule has 206 valence electrons. The number of anilines is 1. The second-order valence-electron chi connectivity index (χ2n) is 12.1. The normalized spacial score (nSPS) is 22.0. The SMILES string of the molecule is COc1ccc(C2CCC(CN(C(=O)C3CCCCC3)c3cccc(-c4coc(C5CC5)n4)c3)CC2)cc1C. The van der Waals surface area contributed by atoms with Gasteiger partial charge in [0.05, 0.1) is 7.11 Å². The molecule has 3 aliphatic carbocycles. The van der Waals surface area contributed by atoms with Gasteiger partial charge in [-0.05, 0) is 99.5 Å². The number of nitrogens with zero attached hydrogens (tertiary/aromatic N) is 2. The predicted molar refractivity (Wildman–Crippen MR) is 155 cm³/mol. The first kappa shape index (κ1) is 26.2. The maximum atomic E-state index is 14.0. The molecule has 1 heterocycles. The lowest BCUT2D eigenvalue weighted by atomic mass is 9.78. The van der Waals surface area contributed by atoms with Gasteiger partial charge in [0.2, 0.25) is 5.91 Å². The highest BCUT2D eigenvalue weighted by molar-refractivity contribution is 5.95. The summed E-state index contributed by atoms with van der Waals surface area (Å²) < 4.78 is 11.2. The van der Waals surface area contributed by atoms with E-state index in [1.54, 1.807) is 13.4 Å². The van der Waals surface area contributed by atoms with Crippen LogP contribution in [-0.2, 0) is 4.79 Å². The standard InChI is InChI=1S/C34H42N2O3/c1-23-19-28(17-18-32(23)38-2)25-13-11-24(12-14-25)21-36(34(37)27-7-4-3-5-8-27)30-10-6-9-29(20-30)31-22-39-33(35-31)26-15-16-26/h6,9-10,17-20,22,24-27H,3-5,7-8,11-16,21H2,1-2H3. The molecule has 0 N–H and O–H groups in total. The number of hydrogen-bond donors (Lipinski definition) is 0. The third kappa shape index (κ3) is 5.92. The van der Waals surface area contributed by atoms with Gasteiger partial charge in [0.15, 0.2) is 5.89 Å². The topological polar surface area (TPSA) is 55.6 Å². The van der Waals surface area contributed by atoms with Gasteiger partial charge in [-0.15, -0.1) is 0 Å². The van der Waals surface area contributed by atoms with Crippen molar-refractivity contribution in [3.63, 3.8) is 0 Å². The fourth-order valence-electron chi connectivity index (χ4n) is 6.76. The van der Waals surface area contributed by atoms with Crippen LogP contribution in [0.3, 0.4) is 0 Å². The van der Waals surface area contributed by atoms with Crippen LogP contribution in [0.15, 0.2) is 53.1 Å². The van der Waals surface area contributed by atoms with Crippen molar-refractivity contribution in [1.82, 2.24) is 4.98 Å². The van der Waals surface area contributed by atoms with Crippen molar-refractivity contribution >= 4 is 11.6 Å². The molecule has 0 aliphatic heterocycles. The zero-order valence-electron chi connectivity index (χ0n) is 23.5. The van der Waals surface area contributed by atoms with Crippen LogP contribution in [0.1, 0.15) is 99.5 Å². The predicted octanol–water partition coefficient (Wildman–Crippen LogP) is 8.42. The van der Waals surface area contributed by atoms with Gasteiger partial charge < -0.3 is 14.1 Å². The summed E-state index contributed by atoms with van der Waals surface area (Å²) in [5, 5.41) is 0. The van der Waals surface area contributed by atoms with Gasteiger partial charge in [0.25, 0.3) is 0 Å². The van der Waals surface area contributed by atoms with Crippen LogP contribution in [-0.4, -0.2) is 24.5 Å². The molecule has 0 saturated heterocycles. The molecule has 1 aromatic heterocycles. The molecule has 0 radical (unpaired) electrons. The van der Waals surface area contributed by atoms with Crippen LogP contribution in [0, 0.1) is 18.8 Å². The summed E-state index contributed by atoms with van der Waals surface area (Å²) in [6, 6.07) is 15.1. The molecule has 5 nitrogen and oxygen atoms in total. The van der Waals surface area contributed by atoms with Gasteiger partial charge in [0.1, 0.15) is 17.7 Å². The Morgan fingerprint density at radius 2 is 1.72 bits per heavy atom. The Bertz CT molecular complexity index is 1280. The molecule has 0 unspecified atom stereocenters. The molecule has 0 atom stereocenters. The van der Waals surface area contributed by atoms with E-state index in [-0.39, 0.29) is 5.92 Å². The number of aromatic nitrogens is 1. The van der Waals surface area contributed by atoms with Gasteiger partial charge in [-0.3, -0.25) is 4.79 Å². The maximum Gasteiger partial charge on any atom is 0.230 e. The van der Waals surface area contributed by atoms with Gasteiger partial charge in [-0.2, -0.15) is 0 Å². The summed E-state index contributed by atoms with van der Waals surface area (Å²) >= 11 is 0. The Kier molecular flexibility index (Phi) is 7.76. The molecule has 3 fully saturated rings. The highest BCUT2D eigenvalue weighted by Gasteiger charge is 2.32. The maximum absolute atomic E-state index is 14.0. The van der Waals surface area contributed by atoms with E-state index in [0.29, 0.717) is 23.7 Å². The highest BCUT2D eigenvalue weighted by atomic mass is 16.5. The zero-order chi connectivity index (χ0) is 26.8. The largest absolute Gasteiger partial charge is 0.496 e. The molecule has 3 saturated carbocycles. The summed E-state index contributed by atoms with van der Waals surface area (Å²) in [5.74, 6) is 3.88. The van der Waals surface area contributed by atoms with Crippen molar-refractivity contribution in [3.8, 4) is 17.0 Å². The summed E-state index contributed by atoms with van der Waals surface area (Å²) in [6.45, 7) is 2.93. The number of rotatable bonds is 8. The molecule has 39 heavy (non-hydrogen) atoms. The Morgan fingerprint density at radius 1 is 0.949 bits per heavy atom. The van der Waals surface area contributed by atoms with Crippen LogP contribution in [0.2, 0.25) is 0 Å². The van der Waals surface area contributed by atoms with Gasteiger partial charge in [0, 0.05) is 29.6 Å². The fourth-order valence-corrected chi connectivity index (χ4v) is 6.76. The first-order valence-electron chi connectivity index (χ1n) is 15.1. The highest BCUT2D eigenvalue weighted by Crippen LogP contribution is 2.41. The number of carbonyl (C=O) groups is 1. The zero-order valence-corrected chi connectivity index (χ0v) is 23.5. The fraction of sp³-hybridized carbons (Fsp3) is 0.529. The lowest BCUT2D eigenvalue weighted by Gasteiger charge is -2.35. The molecule has 2 aromatic carbocycles. The van der Waals surface area contributed by atoms with Gasteiger partial charge in [-0.25, -0.2) is 4.98 Å². The van der Waals surface area contributed by atoms with Crippen molar-refractivity contribution in [2.45, 2.75) is 89.4 Å². The second-order valence-corrected chi connectivity index (χ2v) is 12.1. The number of hydrogen-bond acceptors (Lipinski definition) is 4. The summed E-state index contributed by atoms with van der Waals surface area (Å²) in [7, 11) is 1.74. The molecule has 0 spiro atoms. The number of benzene rings is 2. The third-order valence-corrected chi connectivity index (χ3v) is 9.30. The van der Waals surface area contributed by atoms with Crippen LogP contribution in [0.25, 0.3) is 11.3 Å². The summed E-state index contributed by atoms with van der Waals surface area (Å²) in [6.07, 6.45) is 14.4. The van der Waals surface area contributed by atoms with Crippen molar-refractivity contribution < 1.29 is 13.9 Å². The minimum atomic E-state index is 0.148. The van der Waals surface area contributed by atoms with E-state index in [2.05, 4.69) is 54.3 Å². The third-order valence-electron chi connectivity index (χ3n) is 9.30. The quantitative estimate of drug-likeness (QED) is 0.296. The Balaban J connectivity index is 1.19.